The second-order valence-electron chi connectivity index (χ2n) is 12.8. The van der Waals surface area contributed by atoms with Crippen molar-refractivity contribution in [1.82, 2.24) is 24.6 Å². The molecule has 1 unspecified atom stereocenters. The Hall–Kier alpha value is -5.16. The van der Waals surface area contributed by atoms with Crippen LogP contribution in [0.5, 0.6) is 0 Å². The number of hydrogen-bond acceptors (Lipinski definition) is 7. The number of ether oxygens (including phenoxy) is 1. The number of fused-ring (bicyclic) bond motifs is 4. The molecule has 11 heteroatoms. The minimum Gasteiger partial charge on any atom is -0.374 e. The minimum absolute atomic E-state index is 0.0366. The zero-order valence-corrected chi connectivity index (χ0v) is 26.6. The van der Waals surface area contributed by atoms with Crippen molar-refractivity contribution in [3.05, 3.63) is 111 Å². The number of nitrogens with one attached hydrogen (secondary N) is 1. The van der Waals surface area contributed by atoms with Gasteiger partial charge >= 0.3 is 0 Å². The molecule has 0 radical (unpaired) electrons. The maximum Gasteiger partial charge on any atom is 0.282 e. The number of carbonyl (C=O) groups excluding carboxylic acids is 2. The Morgan fingerprint density at radius 1 is 1.11 bits per heavy atom. The highest BCUT2D eigenvalue weighted by Crippen LogP contribution is 2.33. The largest absolute Gasteiger partial charge is 0.374 e. The second kappa shape index (κ2) is 11.6. The van der Waals surface area contributed by atoms with E-state index in [0.29, 0.717) is 28.0 Å². The Balaban J connectivity index is 1.43. The first-order valence-electron chi connectivity index (χ1n) is 14.9. The van der Waals surface area contributed by atoms with E-state index in [4.69, 9.17) is 4.74 Å². The first-order valence-corrected chi connectivity index (χ1v) is 14.9. The van der Waals surface area contributed by atoms with Crippen LogP contribution >= 0.6 is 0 Å². The number of allylic oxidation sites excluding steroid dienone is 2. The van der Waals surface area contributed by atoms with Gasteiger partial charge in [-0.15, -0.1) is 0 Å². The molecule has 2 aromatic carbocycles. The van der Waals surface area contributed by atoms with Crippen LogP contribution in [0.4, 0.5) is 10.2 Å². The number of benzene rings is 2. The van der Waals surface area contributed by atoms with E-state index in [1.165, 1.54) is 28.0 Å². The number of carbonyl (C=O) groups is 2. The Kier molecular flexibility index (Phi) is 7.81. The summed E-state index contributed by atoms with van der Waals surface area (Å²) in [7, 11) is 5.03. The molecular formula is C35H35FN6O4. The average molecular weight is 623 g/mol. The lowest BCUT2D eigenvalue weighted by molar-refractivity contribution is -0.127. The Bertz CT molecular complexity index is 2010. The summed E-state index contributed by atoms with van der Waals surface area (Å²) in [6.45, 7) is 6.30. The van der Waals surface area contributed by atoms with Crippen LogP contribution in [0.25, 0.3) is 22.0 Å². The molecule has 4 heterocycles. The molecule has 2 aliphatic rings. The van der Waals surface area contributed by atoms with Crippen LogP contribution in [-0.2, 0) is 21.6 Å². The highest BCUT2D eigenvalue weighted by molar-refractivity contribution is 6.01. The normalized spacial score (nSPS) is 16.5. The third kappa shape index (κ3) is 5.58. The van der Waals surface area contributed by atoms with Crippen LogP contribution in [0.15, 0.2) is 77.5 Å². The molecule has 2 amide bonds. The molecule has 1 atom stereocenters. The molecule has 0 saturated carbocycles. The van der Waals surface area contributed by atoms with Crippen molar-refractivity contribution >= 4 is 34.0 Å². The molecule has 0 spiro atoms. The zero-order chi connectivity index (χ0) is 32.9. The number of aromatic nitrogens is 3. The van der Waals surface area contributed by atoms with Gasteiger partial charge in [-0.1, -0.05) is 39.0 Å². The van der Waals surface area contributed by atoms with Gasteiger partial charge in [-0.25, -0.2) is 9.37 Å². The summed E-state index contributed by atoms with van der Waals surface area (Å²) < 4.78 is 22.7. The first-order chi connectivity index (χ1) is 21.8. The molecule has 1 N–H and O–H groups in total. The van der Waals surface area contributed by atoms with Gasteiger partial charge in [-0.05, 0) is 58.5 Å². The number of hydrogen-bond donors (Lipinski definition) is 1. The number of amides is 2. The summed E-state index contributed by atoms with van der Waals surface area (Å²) in [5.74, 6) is -0.655. The topological polar surface area (TPSA) is 110 Å². The second-order valence-corrected chi connectivity index (χ2v) is 12.8. The fourth-order valence-corrected chi connectivity index (χ4v) is 5.65. The fourth-order valence-electron chi connectivity index (χ4n) is 5.65. The van der Waals surface area contributed by atoms with Gasteiger partial charge in [0.2, 0.25) is 0 Å². The summed E-state index contributed by atoms with van der Waals surface area (Å²) >= 11 is 0. The first kappa shape index (κ1) is 30.8. The molecule has 4 aromatic rings. The zero-order valence-electron chi connectivity index (χ0n) is 26.6. The van der Waals surface area contributed by atoms with E-state index < -0.39 is 11.4 Å². The lowest BCUT2D eigenvalue weighted by Crippen LogP contribution is -2.40. The number of anilines is 1. The van der Waals surface area contributed by atoms with Gasteiger partial charge in [0.15, 0.2) is 0 Å². The highest BCUT2D eigenvalue weighted by atomic mass is 19.1. The third-order valence-corrected chi connectivity index (χ3v) is 8.33. The van der Waals surface area contributed by atoms with Crippen molar-refractivity contribution in [2.45, 2.75) is 38.8 Å². The van der Waals surface area contributed by atoms with Gasteiger partial charge < -0.3 is 19.9 Å². The van der Waals surface area contributed by atoms with E-state index in [1.54, 1.807) is 56.4 Å². The maximum absolute atomic E-state index is 15.4. The summed E-state index contributed by atoms with van der Waals surface area (Å²) in [5, 5.41) is 7.98. The van der Waals surface area contributed by atoms with Crippen molar-refractivity contribution in [2.75, 3.05) is 33.1 Å². The SMILES string of the molecule is CN(C)C(=O)c1ccc(NC2=CC3=CC(COCc4c3cccc4-n3ncc4cc(C(C)(C)C)cc(F)c4c3=O)N(C)C2=O)nc1. The van der Waals surface area contributed by atoms with E-state index in [-0.39, 0.29) is 47.6 Å². The van der Waals surface area contributed by atoms with Crippen LogP contribution < -0.4 is 10.9 Å². The van der Waals surface area contributed by atoms with E-state index in [0.717, 1.165) is 16.7 Å². The van der Waals surface area contributed by atoms with Crippen molar-refractivity contribution in [1.29, 1.82) is 0 Å². The molecular weight excluding hydrogens is 587 g/mol. The van der Waals surface area contributed by atoms with Crippen molar-refractivity contribution in [2.24, 2.45) is 0 Å². The van der Waals surface area contributed by atoms with Crippen molar-refractivity contribution < 1.29 is 18.7 Å². The quantitative estimate of drug-likeness (QED) is 0.352. The maximum atomic E-state index is 15.4. The van der Waals surface area contributed by atoms with Gasteiger partial charge in [-0.3, -0.25) is 14.4 Å². The van der Waals surface area contributed by atoms with E-state index >= 15 is 4.39 Å². The van der Waals surface area contributed by atoms with Crippen LogP contribution in [0, 0.1) is 5.82 Å². The third-order valence-electron chi connectivity index (χ3n) is 8.33. The van der Waals surface area contributed by atoms with Gasteiger partial charge in [0.05, 0.1) is 42.1 Å². The fraction of sp³-hybridized carbons (Fsp3) is 0.286. The Morgan fingerprint density at radius 3 is 2.59 bits per heavy atom. The van der Waals surface area contributed by atoms with E-state index in [2.05, 4.69) is 15.4 Å². The predicted molar refractivity (Wildman–Crippen MR) is 174 cm³/mol. The number of likely N-dealkylation sites (N-methyl/N-ethyl adjacent to an activating group) is 1. The summed E-state index contributed by atoms with van der Waals surface area (Å²) in [6.07, 6.45) is 6.67. The predicted octanol–water partition coefficient (Wildman–Crippen LogP) is 4.67. The van der Waals surface area contributed by atoms with Gasteiger partial charge in [0.25, 0.3) is 17.4 Å². The molecule has 0 aliphatic carbocycles. The molecule has 2 bridgehead atoms. The molecule has 0 saturated heterocycles. The molecule has 2 aromatic heterocycles. The molecule has 10 nitrogen and oxygen atoms in total. The van der Waals surface area contributed by atoms with Crippen LogP contribution in [0.2, 0.25) is 0 Å². The average Bonchev–Trinajstić information content (AvgIpc) is 3.12. The van der Waals surface area contributed by atoms with E-state index in [9.17, 15) is 14.4 Å². The molecule has 0 fully saturated rings. The molecule has 236 valence electrons. The van der Waals surface area contributed by atoms with E-state index in [1.807, 2.05) is 39.0 Å². The summed E-state index contributed by atoms with van der Waals surface area (Å²) in [4.78, 5) is 47.1. The van der Waals surface area contributed by atoms with Crippen molar-refractivity contribution in [3.8, 4) is 5.69 Å². The number of pyridine rings is 1. The monoisotopic (exact) mass is 622 g/mol. The molecule has 2 aliphatic heterocycles. The highest BCUT2D eigenvalue weighted by Gasteiger charge is 2.29. The number of halogens is 1. The molecule has 6 rings (SSSR count). The van der Waals surface area contributed by atoms with Crippen LogP contribution in [-0.4, -0.2) is 70.2 Å². The van der Waals surface area contributed by atoms with Gasteiger partial charge in [0.1, 0.15) is 17.3 Å². The van der Waals surface area contributed by atoms with Gasteiger partial charge in [0, 0.05) is 38.3 Å². The lowest BCUT2D eigenvalue weighted by Gasteiger charge is -2.27. The summed E-state index contributed by atoms with van der Waals surface area (Å²) in [5.41, 5.74) is 3.19. The minimum atomic E-state index is -0.596. The Labute approximate surface area is 265 Å². The van der Waals surface area contributed by atoms with Crippen LogP contribution in [0.1, 0.15) is 47.8 Å². The summed E-state index contributed by atoms with van der Waals surface area (Å²) in [6, 6.07) is 11.6. The number of rotatable bonds is 4. The van der Waals surface area contributed by atoms with Crippen molar-refractivity contribution in [3.63, 3.8) is 0 Å². The van der Waals surface area contributed by atoms with Crippen LogP contribution in [0.3, 0.4) is 0 Å². The number of nitrogens with zero attached hydrogens (tertiary/aromatic N) is 5. The molecule has 46 heavy (non-hydrogen) atoms. The Morgan fingerprint density at radius 2 is 1.89 bits per heavy atom. The lowest BCUT2D eigenvalue weighted by atomic mass is 9.86. The smallest absolute Gasteiger partial charge is 0.282 e. The standard InChI is InChI=1S/C35H35FN6O4/c1-35(2,3)23-12-22-17-38-42(34(45)31(22)27(36)15-23)29-9-7-8-25-21-13-24(18-46-19-26(25)29)41(6)33(44)28(14-21)39-30-11-10-20(16-37-30)32(43)40(4)5/h7-17,24H,18-19H2,1-6H3,(H,37,39). The van der Waals surface area contributed by atoms with Gasteiger partial charge in [-0.2, -0.15) is 9.78 Å².